The molecule has 0 amide bonds. The average Bonchev–Trinajstić information content (AvgIpc) is 2.22. The van der Waals surface area contributed by atoms with Crippen molar-refractivity contribution >= 4 is 16.4 Å². The van der Waals surface area contributed by atoms with Crippen LogP contribution in [-0.2, 0) is 0 Å². The molecule has 0 saturated carbocycles. The molecule has 0 aromatic carbocycles. The molecule has 0 spiro atoms. The predicted molar refractivity (Wildman–Crippen MR) is 34.7 cm³/mol. The Morgan fingerprint density at radius 1 is 1.67 bits per heavy atom. The first-order valence-corrected chi connectivity index (χ1v) is 3.25. The van der Waals surface area contributed by atoms with Gasteiger partial charge in [-0.05, 0) is 11.5 Å². The Morgan fingerprint density at radius 2 is 2.56 bits per heavy atom. The molecule has 0 aliphatic rings. The fourth-order valence-electron chi connectivity index (χ4n) is 0.737. The fourth-order valence-corrected chi connectivity index (χ4v) is 1.36. The number of aromatic nitrogens is 2. The maximum absolute atomic E-state index is 8.90. The average molecular weight is 140 g/mol. The van der Waals surface area contributed by atoms with Gasteiger partial charge in [-0.25, -0.2) is 0 Å². The van der Waals surface area contributed by atoms with Crippen LogP contribution >= 0.6 is 11.5 Å². The highest BCUT2D eigenvalue weighted by Gasteiger charge is 1.96. The number of fused-ring (bicyclic) bond motifs is 1. The van der Waals surface area contributed by atoms with Crippen LogP contribution in [0.1, 0.15) is 0 Å². The number of nitrogens with zero attached hydrogens (tertiary/aromatic N) is 2. The van der Waals surface area contributed by atoms with E-state index in [9.17, 15) is 0 Å². The molecule has 0 aliphatic carbocycles. The van der Waals surface area contributed by atoms with Gasteiger partial charge in [-0.3, -0.25) is 4.40 Å². The highest BCUT2D eigenvalue weighted by atomic mass is 32.1. The SMILES string of the molecule is Oc1cc2sncn2c1. The molecule has 3 nitrogen and oxygen atoms in total. The van der Waals surface area contributed by atoms with E-state index >= 15 is 0 Å². The van der Waals surface area contributed by atoms with Gasteiger partial charge >= 0.3 is 0 Å². The summed E-state index contributed by atoms with van der Waals surface area (Å²) in [5.74, 6) is 0.295. The van der Waals surface area contributed by atoms with E-state index in [4.69, 9.17) is 5.11 Å². The molecule has 0 radical (unpaired) electrons. The second kappa shape index (κ2) is 1.48. The molecule has 2 heterocycles. The maximum atomic E-state index is 8.90. The number of rotatable bonds is 0. The van der Waals surface area contributed by atoms with E-state index < -0.39 is 0 Å². The molecule has 0 fully saturated rings. The minimum absolute atomic E-state index is 0.295. The van der Waals surface area contributed by atoms with E-state index in [1.807, 2.05) is 0 Å². The Labute approximate surface area is 55.3 Å². The van der Waals surface area contributed by atoms with Crippen molar-refractivity contribution in [2.45, 2.75) is 0 Å². The van der Waals surface area contributed by atoms with Crippen LogP contribution in [0.3, 0.4) is 0 Å². The van der Waals surface area contributed by atoms with Gasteiger partial charge in [0.15, 0.2) is 0 Å². The van der Waals surface area contributed by atoms with E-state index in [-0.39, 0.29) is 0 Å². The van der Waals surface area contributed by atoms with Crippen molar-refractivity contribution < 1.29 is 5.11 Å². The van der Waals surface area contributed by atoms with Gasteiger partial charge in [0.05, 0.1) is 6.20 Å². The van der Waals surface area contributed by atoms with Gasteiger partial charge in [-0.15, -0.1) is 0 Å². The van der Waals surface area contributed by atoms with Crippen LogP contribution in [0.2, 0.25) is 0 Å². The number of hydrogen-bond acceptors (Lipinski definition) is 3. The molecule has 0 atom stereocenters. The van der Waals surface area contributed by atoms with Crippen LogP contribution in [0.5, 0.6) is 5.75 Å². The van der Waals surface area contributed by atoms with Crippen molar-refractivity contribution in [2.24, 2.45) is 0 Å². The minimum atomic E-state index is 0.295. The van der Waals surface area contributed by atoms with Gasteiger partial charge in [0.25, 0.3) is 0 Å². The highest BCUT2D eigenvalue weighted by Crippen LogP contribution is 2.17. The summed E-state index contributed by atoms with van der Waals surface area (Å²) in [6.45, 7) is 0. The Kier molecular flexibility index (Phi) is 0.790. The molecule has 9 heavy (non-hydrogen) atoms. The van der Waals surface area contributed by atoms with E-state index in [0.717, 1.165) is 4.83 Å². The normalized spacial score (nSPS) is 10.7. The summed E-state index contributed by atoms with van der Waals surface area (Å²) in [6, 6.07) is 1.68. The van der Waals surface area contributed by atoms with Crippen LogP contribution < -0.4 is 0 Å². The zero-order valence-corrected chi connectivity index (χ0v) is 5.30. The van der Waals surface area contributed by atoms with E-state index in [2.05, 4.69) is 4.37 Å². The third-order valence-corrected chi connectivity index (χ3v) is 1.83. The molecule has 46 valence electrons. The standard InChI is InChI=1S/C5H4N2OS/c8-4-1-5-7(2-4)3-6-9-5/h1-3,8H. The topological polar surface area (TPSA) is 37.5 Å². The summed E-state index contributed by atoms with van der Waals surface area (Å²) in [5, 5.41) is 8.90. The Morgan fingerprint density at radius 3 is 3.33 bits per heavy atom. The summed E-state index contributed by atoms with van der Waals surface area (Å²) < 4.78 is 5.67. The van der Waals surface area contributed by atoms with Crippen molar-refractivity contribution in [1.82, 2.24) is 8.77 Å². The minimum Gasteiger partial charge on any atom is -0.506 e. The zero-order valence-electron chi connectivity index (χ0n) is 4.48. The molecule has 0 saturated heterocycles. The lowest BCUT2D eigenvalue weighted by atomic mass is 10.6. The van der Waals surface area contributed by atoms with Gasteiger partial charge in [-0.2, -0.15) is 4.37 Å². The lowest BCUT2D eigenvalue weighted by molar-refractivity contribution is 0.475. The molecule has 0 unspecified atom stereocenters. The first kappa shape index (κ1) is 4.81. The first-order chi connectivity index (χ1) is 4.36. The van der Waals surface area contributed by atoms with Gasteiger partial charge in [0.1, 0.15) is 16.9 Å². The summed E-state index contributed by atoms with van der Waals surface area (Å²) >= 11 is 1.36. The molecule has 0 aliphatic heterocycles. The highest BCUT2D eigenvalue weighted by molar-refractivity contribution is 7.11. The largest absolute Gasteiger partial charge is 0.506 e. The van der Waals surface area contributed by atoms with Gasteiger partial charge < -0.3 is 5.11 Å². The van der Waals surface area contributed by atoms with E-state index in [1.54, 1.807) is 23.0 Å². The molecule has 2 aromatic rings. The smallest absolute Gasteiger partial charge is 0.135 e. The van der Waals surface area contributed by atoms with Crippen LogP contribution in [-0.4, -0.2) is 13.9 Å². The Hall–Kier alpha value is -1.03. The summed E-state index contributed by atoms with van der Waals surface area (Å²) in [6.07, 6.45) is 3.29. The maximum Gasteiger partial charge on any atom is 0.135 e. The van der Waals surface area contributed by atoms with Crippen LogP contribution in [0, 0.1) is 0 Å². The Balaban J connectivity index is 2.92. The monoisotopic (exact) mass is 140 g/mol. The van der Waals surface area contributed by atoms with E-state index in [1.165, 1.54) is 11.5 Å². The summed E-state index contributed by atoms with van der Waals surface area (Å²) in [4.78, 5) is 0.965. The second-order valence-corrected chi connectivity index (χ2v) is 2.57. The molecular formula is C5H4N2OS. The molecule has 2 aromatic heterocycles. The zero-order chi connectivity index (χ0) is 6.27. The van der Waals surface area contributed by atoms with Gasteiger partial charge in [0.2, 0.25) is 0 Å². The van der Waals surface area contributed by atoms with Gasteiger partial charge in [-0.1, -0.05) is 0 Å². The van der Waals surface area contributed by atoms with Crippen molar-refractivity contribution in [1.29, 1.82) is 0 Å². The molecule has 4 heteroatoms. The van der Waals surface area contributed by atoms with Crippen LogP contribution in [0.25, 0.3) is 4.83 Å². The van der Waals surface area contributed by atoms with Gasteiger partial charge in [0, 0.05) is 6.07 Å². The second-order valence-electron chi connectivity index (χ2n) is 1.76. The van der Waals surface area contributed by atoms with Crippen molar-refractivity contribution in [3.8, 4) is 5.75 Å². The number of aromatic hydroxyl groups is 1. The van der Waals surface area contributed by atoms with E-state index in [0.29, 0.717) is 5.75 Å². The quantitative estimate of drug-likeness (QED) is 0.595. The van der Waals surface area contributed by atoms with Crippen LogP contribution in [0.4, 0.5) is 0 Å². The Bertz CT molecular complexity index is 296. The lowest BCUT2D eigenvalue weighted by Gasteiger charge is -1.73. The molecular weight excluding hydrogens is 136 g/mol. The summed E-state index contributed by atoms with van der Waals surface area (Å²) in [5.41, 5.74) is 0. The first-order valence-electron chi connectivity index (χ1n) is 2.47. The van der Waals surface area contributed by atoms with Crippen molar-refractivity contribution in [2.75, 3.05) is 0 Å². The lowest BCUT2D eigenvalue weighted by Crippen LogP contribution is -1.66. The third kappa shape index (κ3) is 0.598. The van der Waals surface area contributed by atoms with Crippen molar-refractivity contribution in [3.05, 3.63) is 18.6 Å². The fraction of sp³-hybridized carbons (Fsp3) is 0. The molecule has 1 N–H and O–H groups in total. The summed E-state index contributed by atoms with van der Waals surface area (Å²) in [7, 11) is 0. The van der Waals surface area contributed by atoms with Crippen molar-refractivity contribution in [3.63, 3.8) is 0 Å². The molecule has 2 rings (SSSR count). The van der Waals surface area contributed by atoms with Crippen LogP contribution in [0.15, 0.2) is 18.6 Å². The predicted octanol–water partition coefficient (Wildman–Crippen LogP) is 1.10. The molecule has 0 bridgehead atoms. The third-order valence-electron chi connectivity index (χ3n) is 1.11. The number of hydrogen-bond donors (Lipinski definition) is 1.